The highest BCUT2D eigenvalue weighted by Gasteiger charge is 2.31. The molecule has 0 aliphatic rings. The Morgan fingerprint density at radius 3 is 2.27 bits per heavy atom. The van der Waals surface area contributed by atoms with E-state index < -0.39 is 27.8 Å². The average molecular weight is 443 g/mol. The number of hydrogen-bond donors (Lipinski definition) is 0. The van der Waals surface area contributed by atoms with Crippen LogP contribution in [-0.4, -0.2) is 31.5 Å². The minimum Gasteiger partial charge on any atom is -0.382 e. The molecule has 0 saturated carbocycles. The molecule has 0 bridgehead atoms. The molecule has 0 radical (unpaired) electrons. The fraction of sp³-hybridized carbons (Fsp3) is 0.381. The highest BCUT2D eigenvalue weighted by Crippen LogP contribution is 2.30. The number of benzene rings is 2. The quantitative estimate of drug-likeness (QED) is 0.553. The summed E-state index contributed by atoms with van der Waals surface area (Å²) >= 11 is 0. The molecule has 9 heteroatoms. The second-order valence-electron chi connectivity index (χ2n) is 7.23. The van der Waals surface area contributed by atoms with Crippen LogP contribution in [0.15, 0.2) is 48.5 Å². The molecule has 0 aliphatic heterocycles. The van der Waals surface area contributed by atoms with E-state index in [9.17, 15) is 26.4 Å². The fourth-order valence-electron chi connectivity index (χ4n) is 2.75. The normalized spacial score (nSPS) is 12.1. The molecule has 0 saturated heterocycles. The van der Waals surface area contributed by atoms with E-state index in [-0.39, 0.29) is 29.5 Å². The topological polar surface area (TPSA) is 63.7 Å². The van der Waals surface area contributed by atoms with Crippen LogP contribution in [0.4, 0.5) is 13.2 Å². The first kappa shape index (κ1) is 23.7. The van der Waals surface area contributed by atoms with E-state index in [1.165, 1.54) is 36.1 Å². The van der Waals surface area contributed by atoms with E-state index in [0.29, 0.717) is 12.1 Å². The third-order valence-electron chi connectivity index (χ3n) is 4.18. The number of carbonyl (C=O) groups is 1. The van der Waals surface area contributed by atoms with Crippen LogP contribution in [0.3, 0.4) is 0 Å². The van der Waals surface area contributed by atoms with Gasteiger partial charge in [-0.25, -0.2) is 0 Å². The summed E-state index contributed by atoms with van der Waals surface area (Å²) in [6.45, 7) is 5.77. The summed E-state index contributed by atoms with van der Waals surface area (Å²) in [5, 5.41) is 0. The van der Waals surface area contributed by atoms with Gasteiger partial charge in [-0.2, -0.15) is 21.6 Å². The van der Waals surface area contributed by atoms with Gasteiger partial charge in [-0.1, -0.05) is 32.0 Å². The predicted octanol–water partition coefficient (Wildman–Crippen LogP) is 4.73. The van der Waals surface area contributed by atoms with Crippen molar-refractivity contribution in [3.05, 3.63) is 65.2 Å². The van der Waals surface area contributed by atoms with Crippen LogP contribution in [0.2, 0.25) is 0 Å². The molecule has 2 aromatic rings. The molecule has 0 aromatic heterocycles. The van der Waals surface area contributed by atoms with Crippen LogP contribution in [-0.2, 0) is 22.8 Å². The van der Waals surface area contributed by atoms with Crippen molar-refractivity contribution in [3.63, 3.8) is 0 Å². The van der Waals surface area contributed by atoms with Crippen molar-refractivity contribution in [2.75, 3.05) is 12.3 Å². The molecule has 0 atom stereocenters. The molecule has 2 rings (SSSR count). The van der Waals surface area contributed by atoms with Crippen LogP contribution in [0.25, 0.3) is 0 Å². The molecule has 0 fully saturated rings. The minimum atomic E-state index is -4.53. The van der Waals surface area contributed by atoms with E-state index in [2.05, 4.69) is 0 Å². The Kier molecular flexibility index (Phi) is 7.52. The van der Waals surface area contributed by atoms with Crippen molar-refractivity contribution in [3.8, 4) is 5.75 Å². The first-order chi connectivity index (χ1) is 13.9. The molecule has 5 nitrogen and oxygen atoms in total. The van der Waals surface area contributed by atoms with Crippen molar-refractivity contribution >= 4 is 16.0 Å². The maximum atomic E-state index is 13.0. The van der Waals surface area contributed by atoms with Crippen molar-refractivity contribution in [2.45, 2.75) is 33.5 Å². The van der Waals surface area contributed by atoms with E-state index in [1.807, 2.05) is 13.8 Å². The van der Waals surface area contributed by atoms with Crippen molar-refractivity contribution in [2.24, 2.45) is 5.92 Å². The predicted molar refractivity (Wildman–Crippen MR) is 108 cm³/mol. The number of carbonyl (C=O) groups excluding carboxylic acids is 1. The molecule has 0 heterocycles. The zero-order valence-corrected chi connectivity index (χ0v) is 17.8. The Balaban J connectivity index is 2.23. The fourth-order valence-corrected chi connectivity index (χ4v) is 3.27. The lowest BCUT2D eigenvalue weighted by Gasteiger charge is -2.25. The van der Waals surface area contributed by atoms with Gasteiger partial charge in [0.2, 0.25) is 0 Å². The number of hydrogen-bond acceptors (Lipinski definition) is 4. The molecule has 0 spiro atoms. The van der Waals surface area contributed by atoms with Gasteiger partial charge in [-0.3, -0.25) is 4.79 Å². The summed E-state index contributed by atoms with van der Waals surface area (Å²) in [6, 6.07) is 10.5. The third-order valence-corrected chi connectivity index (χ3v) is 5.34. The summed E-state index contributed by atoms with van der Waals surface area (Å²) in [6.07, 6.45) is -4.53. The number of alkyl halides is 3. The maximum Gasteiger partial charge on any atom is 0.416 e. The zero-order valence-electron chi connectivity index (χ0n) is 16.9. The second-order valence-corrected chi connectivity index (χ2v) is 9.09. The Hall–Kier alpha value is -2.55. The van der Waals surface area contributed by atoms with Gasteiger partial charge in [0.05, 0.1) is 11.3 Å². The van der Waals surface area contributed by atoms with Crippen molar-refractivity contribution in [1.82, 2.24) is 4.90 Å². The summed E-state index contributed by atoms with van der Waals surface area (Å²) < 4.78 is 67.0. The zero-order chi connectivity index (χ0) is 22.5. The molecule has 164 valence electrons. The molecule has 2 aromatic carbocycles. The van der Waals surface area contributed by atoms with Crippen molar-refractivity contribution < 1.29 is 30.6 Å². The second kappa shape index (κ2) is 9.51. The Morgan fingerprint density at radius 1 is 1.10 bits per heavy atom. The number of rotatable bonds is 8. The van der Waals surface area contributed by atoms with E-state index in [1.54, 1.807) is 12.1 Å². The van der Waals surface area contributed by atoms with Gasteiger partial charge in [-0.05, 0) is 48.7 Å². The van der Waals surface area contributed by atoms with Gasteiger partial charge >= 0.3 is 16.3 Å². The largest absolute Gasteiger partial charge is 0.416 e. The van der Waals surface area contributed by atoms with Crippen LogP contribution < -0.4 is 4.18 Å². The number of nitrogens with zero attached hydrogens (tertiary/aromatic N) is 1. The molecule has 0 N–H and O–H groups in total. The third kappa shape index (κ3) is 6.76. The smallest absolute Gasteiger partial charge is 0.382 e. The first-order valence-electron chi connectivity index (χ1n) is 9.39. The van der Waals surface area contributed by atoms with Gasteiger partial charge in [0.1, 0.15) is 5.75 Å². The number of halogens is 3. The highest BCUT2D eigenvalue weighted by atomic mass is 32.2. The molecule has 1 amide bonds. The van der Waals surface area contributed by atoms with Crippen LogP contribution in [0.5, 0.6) is 5.75 Å². The van der Waals surface area contributed by atoms with E-state index in [0.717, 1.165) is 12.1 Å². The van der Waals surface area contributed by atoms with Gasteiger partial charge in [0.25, 0.3) is 5.91 Å². The molecular weight excluding hydrogens is 419 g/mol. The van der Waals surface area contributed by atoms with Crippen LogP contribution in [0, 0.1) is 5.92 Å². The van der Waals surface area contributed by atoms with E-state index in [4.69, 9.17) is 4.18 Å². The highest BCUT2D eigenvalue weighted by molar-refractivity contribution is 7.87. The molecular formula is C21H24F3NO4S. The lowest BCUT2D eigenvalue weighted by Crippen LogP contribution is -2.34. The SMILES string of the molecule is CCS(=O)(=O)Oc1ccc(CN(CC(C)C)C(=O)c2cccc(C(F)(F)F)c2)cc1. The molecule has 0 aliphatic carbocycles. The summed E-state index contributed by atoms with van der Waals surface area (Å²) in [4.78, 5) is 14.4. The Labute approximate surface area is 174 Å². The van der Waals surface area contributed by atoms with Gasteiger partial charge in [0.15, 0.2) is 0 Å². The maximum absolute atomic E-state index is 13.0. The average Bonchev–Trinajstić information content (AvgIpc) is 2.67. The molecule has 0 unspecified atom stereocenters. The standard InChI is InChI=1S/C21H24F3NO4S/c1-4-30(27,28)29-19-10-8-16(9-11-19)14-25(13-15(2)3)20(26)17-6-5-7-18(12-17)21(22,23)24/h5-12,15H,4,13-14H2,1-3H3. The first-order valence-corrected chi connectivity index (χ1v) is 11.0. The summed E-state index contributed by atoms with van der Waals surface area (Å²) in [7, 11) is -3.65. The van der Waals surface area contributed by atoms with Gasteiger partial charge in [-0.15, -0.1) is 0 Å². The summed E-state index contributed by atoms with van der Waals surface area (Å²) in [5.41, 5.74) is -0.229. The summed E-state index contributed by atoms with van der Waals surface area (Å²) in [5.74, 6) is -0.427. The minimum absolute atomic E-state index is 0.0422. The van der Waals surface area contributed by atoms with Gasteiger partial charge in [0, 0.05) is 18.7 Å². The monoisotopic (exact) mass is 443 g/mol. The van der Waals surface area contributed by atoms with E-state index >= 15 is 0 Å². The molecule has 30 heavy (non-hydrogen) atoms. The van der Waals surface area contributed by atoms with Crippen LogP contribution in [0.1, 0.15) is 42.3 Å². The Morgan fingerprint density at radius 2 is 1.73 bits per heavy atom. The lowest BCUT2D eigenvalue weighted by atomic mass is 10.1. The lowest BCUT2D eigenvalue weighted by molar-refractivity contribution is -0.137. The Bertz CT molecular complexity index is 970. The van der Waals surface area contributed by atoms with Crippen LogP contribution >= 0.6 is 0 Å². The van der Waals surface area contributed by atoms with Crippen molar-refractivity contribution in [1.29, 1.82) is 0 Å². The number of amides is 1. The van der Waals surface area contributed by atoms with Gasteiger partial charge < -0.3 is 9.08 Å².